The molecule has 0 atom stereocenters. The third kappa shape index (κ3) is 4.21. The van der Waals surface area contributed by atoms with Gasteiger partial charge in [0.1, 0.15) is 0 Å². The molecule has 2 heterocycles. The number of anilines is 2. The fraction of sp³-hybridized carbons (Fsp3) is 0.350. The minimum atomic E-state index is -4.34. The first kappa shape index (κ1) is 21.9. The Hall–Kier alpha value is -2.81. The molecule has 1 saturated heterocycles. The van der Waals surface area contributed by atoms with Crippen molar-refractivity contribution in [1.82, 2.24) is 9.97 Å². The molecule has 1 aromatic heterocycles. The van der Waals surface area contributed by atoms with Crippen LogP contribution in [0.2, 0.25) is 0 Å². The minimum absolute atomic E-state index is 0. The Morgan fingerprint density at radius 1 is 0.933 bits per heavy atom. The predicted octanol–water partition coefficient (Wildman–Crippen LogP) is 4.35. The first-order chi connectivity index (χ1) is 13.9. The molecule has 0 amide bonds. The summed E-state index contributed by atoms with van der Waals surface area (Å²) < 4.78 is 49.6. The van der Waals surface area contributed by atoms with Gasteiger partial charge < -0.3 is 24.3 Å². The average molecular weight is 443 g/mol. The molecule has 2 aromatic carbocycles. The number of hydrogen-bond acceptors (Lipinski definition) is 5. The molecule has 10 heteroatoms. The molecule has 162 valence electrons. The lowest BCUT2D eigenvalue weighted by Crippen LogP contribution is -2.47. The largest absolute Gasteiger partial charge is 0.493 e. The summed E-state index contributed by atoms with van der Waals surface area (Å²) in [6, 6.07) is 9.11. The predicted molar refractivity (Wildman–Crippen MR) is 112 cm³/mol. The standard InChI is InChI=1S/C20H21F3N4O2.ClH/c1-28-17-11-15-16(12-18(17)29-2)25-19(24-15)27-8-6-26(7-9-27)14-5-3-4-13(10-14)20(21,22)23;/h3-5,10-12H,6-9H2,1-2H3,(H,24,25);1H. The van der Waals surface area contributed by atoms with Crippen molar-refractivity contribution in [3.05, 3.63) is 42.0 Å². The molecular formula is C20H22ClF3N4O2. The number of alkyl halides is 3. The van der Waals surface area contributed by atoms with Gasteiger partial charge in [-0.3, -0.25) is 0 Å². The summed E-state index contributed by atoms with van der Waals surface area (Å²) in [6.07, 6.45) is -4.34. The number of benzene rings is 2. The van der Waals surface area contributed by atoms with E-state index in [9.17, 15) is 13.2 Å². The maximum absolute atomic E-state index is 13.0. The van der Waals surface area contributed by atoms with Gasteiger partial charge in [-0.05, 0) is 18.2 Å². The summed E-state index contributed by atoms with van der Waals surface area (Å²) >= 11 is 0. The number of halogens is 4. The van der Waals surface area contributed by atoms with E-state index in [1.165, 1.54) is 12.1 Å². The molecule has 1 fully saturated rings. The van der Waals surface area contributed by atoms with E-state index in [4.69, 9.17) is 9.47 Å². The van der Waals surface area contributed by atoms with E-state index in [0.29, 0.717) is 43.4 Å². The number of H-pyrrole nitrogens is 1. The van der Waals surface area contributed by atoms with Crippen molar-refractivity contribution in [3.8, 4) is 11.5 Å². The molecule has 0 saturated carbocycles. The van der Waals surface area contributed by atoms with E-state index < -0.39 is 11.7 Å². The van der Waals surface area contributed by atoms with E-state index in [0.717, 1.165) is 23.0 Å². The normalized spacial score (nSPS) is 14.6. The van der Waals surface area contributed by atoms with Gasteiger partial charge in [0.15, 0.2) is 11.5 Å². The maximum Gasteiger partial charge on any atom is 0.416 e. The average Bonchev–Trinajstić information content (AvgIpc) is 3.15. The van der Waals surface area contributed by atoms with Crippen molar-refractivity contribution >= 4 is 35.1 Å². The Morgan fingerprint density at radius 3 is 2.20 bits per heavy atom. The van der Waals surface area contributed by atoms with E-state index >= 15 is 0 Å². The van der Waals surface area contributed by atoms with Crippen LogP contribution in [-0.4, -0.2) is 50.4 Å². The van der Waals surface area contributed by atoms with Crippen molar-refractivity contribution < 1.29 is 22.6 Å². The second-order valence-electron chi connectivity index (χ2n) is 6.81. The molecule has 0 spiro atoms. The third-order valence-electron chi connectivity index (χ3n) is 5.09. The lowest BCUT2D eigenvalue weighted by atomic mass is 10.1. The van der Waals surface area contributed by atoms with Gasteiger partial charge in [-0.25, -0.2) is 4.98 Å². The molecule has 1 aliphatic heterocycles. The Kier molecular flexibility index (Phi) is 6.21. The highest BCUT2D eigenvalue weighted by Crippen LogP contribution is 2.33. The highest BCUT2D eigenvalue weighted by molar-refractivity contribution is 5.85. The van der Waals surface area contributed by atoms with Crippen LogP contribution in [0.1, 0.15) is 5.56 Å². The smallest absolute Gasteiger partial charge is 0.416 e. The van der Waals surface area contributed by atoms with Crippen LogP contribution >= 0.6 is 12.4 Å². The van der Waals surface area contributed by atoms with Gasteiger partial charge in [-0.1, -0.05) is 6.07 Å². The van der Waals surface area contributed by atoms with Crippen LogP contribution < -0.4 is 19.3 Å². The summed E-state index contributed by atoms with van der Waals surface area (Å²) in [7, 11) is 3.15. The van der Waals surface area contributed by atoms with Gasteiger partial charge in [0.25, 0.3) is 0 Å². The van der Waals surface area contributed by atoms with Crippen molar-refractivity contribution in [1.29, 1.82) is 0 Å². The van der Waals surface area contributed by atoms with Crippen molar-refractivity contribution in [3.63, 3.8) is 0 Å². The maximum atomic E-state index is 13.0. The van der Waals surface area contributed by atoms with Gasteiger partial charge in [0.05, 0.1) is 30.8 Å². The quantitative estimate of drug-likeness (QED) is 0.651. The van der Waals surface area contributed by atoms with Crippen LogP contribution in [0.5, 0.6) is 11.5 Å². The number of nitrogens with one attached hydrogen (secondary N) is 1. The van der Waals surface area contributed by atoms with E-state index in [1.54, 1.807) is 20.3 Å². The second-order valence-corrected chi connectivity index (χ2v) is 6.81. The summed E-state index contributed by atoms with van der Waals surface area (Å²) in [4.78, 5) is 12.0. The fourth-order valence-corrected chi connectivity index (χ4v) is 3.53. The number of fused-ring (bicyclic) bond motifs is 1. The number of imidazole rings is 1. The van der Waals surface area contributed by atoms with E-state index in [-0.39, 0.29) is 12.4 Å². The lowest BCUT2D eigenvalue weighted by molar-refractivity contribution is -0.137. The SMILES string of the molecule is COc1cc2nc(N3CCN(c4cccc(C(F)(F)F)c4)CC3)[nH]c2cc1OC.Cl. The number of methoxy groups -OCH3 is 2. The first-order valence-electron chi connectivity index (χ1n) is 9.18. The number of aromatic amines is 1. The summed E-state index contributed by atoms with van der Waals surface area (Å²) in [5, 5.41) is 0. The van der Waals surface area contributed by atoms with Crippen molar-refractivity contribution in [2.24, 2.45) is 0 Å². The zero-order valence-corrected chi connectivity index (χ0v) is 17.3. The highest BCUT2D eigenvalue weighted by Gasteiger charge is 2.31. The minimum Gasteiger partial charge on any atom is -0.493 e. The molecule has 0 bridgehead atoms. The Labute approximate surface area is 178 Å². The zero-order valence-electron chi connectivity index (χ0n) is 16.5. The number of nitrogens with zero attached hydrogens (tertiary/aromatic N) is 3. The van der Waals surface area contributed by atoms with Gasteiger partial charge in [-0.2, -0.15) is 13.2 Å². The summed E-state index contributed by atoms with van der Waals surface area (Å²) in [6.45, 7) is 2.49. The third-order valence-corrected chi connectivity index (χ3v) is 5.09. The first-order valence-corrected chi connectivity index (χ1v) is 9.18. The molecule has 6 nitrogen and oxygen atoms in total. The van der Waals surface area contributed by atoms with E-state index in [1.807, 2.05) is 17.0 Å². The summed E-state index contributed by atoms with van der Waals surface area (Å²) in [5.74, 6) is 1.94. The molecule has 1 aliphatic rings. The molecular weight excluding hydrogens is 421 g/mol. The lowest BCUT2D eigenvalue weighted by Gasteiger charge is -2.36. The monoisotopic (exact) mass is 442 g/mol. The molecule has 1 N–H and O–H groups in total. The van der Waals surface area contributed by atoms with Gasteiger partial charge in [0.2, 0.25) is 5.95 Å². The van der Waals surface area contributed by atoms with Gasteiger partial charge in [-0.15, -0.1) is 12.4 Å². The molecule has 0 radical (unpaired) electrons. The Balaban J connectivity index is 0.00000256. The molecule has 3 aromatic rings. The molecule has 0 aliphatic carbocycles. The highest BCUT2D eigenvalue weighted by atomic mass is 35.5. The van der Waals surface area contributed by atoms with Crippen LogP contribution in [0.3, 0.4) is 0 Å². The van der Waals surface area contributed by atoms with Crippen LogP contribution in [0, 0.1) is 0 Å². The number of piperazine rings is 1. The number of hydrogen-bond donors (Lipinski definition) is 1. The van der Waals surface area contributed by atoms with Crippen LogP contribution in [-0.2, 0) is 6.18 Å². The van der Waals surface area contributed by atoms with Crippen LogP contribution in [0.4, 0.5) is 24.8 Å². The Morgan fingerprint density at radius 2 is 1.57 bits per heavy atom. The zero-order chi connectivity index (χ0) is 20.6. The number of aromatic nitrogens is 2. The van der Waals surface area contributed by atoms with Gasteiger partial charge in [0, 0.05) is 44.0 Å². The Bertz CT molecular complexity index is 976. The molecule has 0 unspecified atom stereocenters. The number of rotatable bonds is 4. The van der Waals surface area contributed by atoms with Crippen molar-refractivity contribution in [2.75, 3.05) is 50.2 Å². The van der Waals surface area contributed by atoms with Crippen molar-refractivity contribution in [2.45, 2.75) is 6.18 Å². The van der Waals surface area contributed by atoms with Gasteiger partial charge >= 0.3 is 6.18 Å². The fourth-order valence-electron chi connectivity index (χ4n) is 3.53. The van der Waals surface area contributed by atoms with Crippen LogP contribution in [0.15, 0.2) is 36.4 Å². The number of ether oxygens (including phenoxy) is 2. The topological polar surface area (TPSA) is 53.6 Å². The van der Waals surface area contributed by atoms with E-state index in [2.05, 4.69) is 14.9 Å². The summed E-state index contributed by atoms with van der Waals surface area (Å²) in [5.41, 5.74) is 1.55. The molecule has 4 rings (SSSR count). The van der Waals surface area contributed by atoms with Crippen LogP contribution in [0.25, 0.3) is 11.0 Å². The molecule has 30 heavy (non-hydrogen) atoms. The second kappa shape index (κ2) is 8.51.